The van der Waals surface area contributed by atoms with Gasteiger partial charge in [0.2, 0.25) is 0 Å². The van der Waals surface area contributed by atoms with E-state index in [4.69, 9.17) is 0 Å². The first kappa shape index (κ1) is 15.2. The van der Waals surface area contributed by atoms with Crippen LogP contribution in [-0.2, 0) is 6.42 Å². The fraction of sp³-hybridized carbons (Fsp3) is 0.556. The van der Waals surface area contributed by atoms with Crippen molar-refractivity contribution in [3.05, 3.63) is 47.0 Å². The van der Waals surface area contributed by atoms with Gasteiger partial charge in [-0.15, -0.1) is 0 Å². The highest BCUT2D eigenvalue weighted by molar-refractivity contribution is 5.22. The number of aryl methyl sites for hydroxylation is 2. The molecule has 22 heavy (non-hydrogen) atoms. The molecule has 118 valence electrons. The van der Waals surface area contributed by atoms with Gasteiger partial charge in [-0.1, -0.05) is 12.5 Å². The van der Waals surface area contributed by atoms with Gasteiger partial charge in [0.15, 0.2) is 0 Å². The van der Waals surface area contributed by atoms with Crippen molar-refractivity contribution in [2.45, 2.75) is 52.0 Å². The first-order valence-electron chi connectivity index (χ1n) is 8.40. The van der Waals surface area contributed by atoms with E-state index in [2.05, 4.69) is 46.1 Å². The molecule has 0 aromatic carbocycles. The van der Waals surface area contributed by atoms with Crippen LogP contribution in [0.3, 0.4) is 0 Å². The molecule has 1 saturated heterocycles. The van der Waals surface area contributed by atoms with Crippen molar-refractivity contribution < 1.29 is 0 Å². The largest absolute Gasteiger partial charge is 0.296 e. The highest BCUT2D eigenvalue weighted by Crippen LogP contribution is 2.30. The van der Waals surface area contributed by atoms with Crippen LogP contribution in [0.4, 0.5) is 0 Å². The molecule has 0 saturated carbocycles. The van der Waals surface area contributed by atoms with Gasteiger partial charge in [-0.25, -0.2) is 0 Å². The zero-order valence-electron chi connectivity index (χ0n) is 13.7. The number of pyridine rings is 1. The molecule has 4 heteroatoms. The summed E-state index contributed by atoms with van der Waals surface area (Å²) in [6.07, 6.45) is 10.0. The Hall–Kier alpha value is -1.68. The summed E-state index contributed by atoms with van der Waals surface area (Å²) in [4.78, 5) is 6.93. The van der Waals surface area contributed by atoms with E-state index in [0.29, 0.717) is 6.04 Å². The molecule has 1 N–H and O–H groups in total. The number of likely N-dealkylation sites (tertiary alicyclic amines) is 1. The molecule has 1 atom stereocenters. The van der Waals surface area contributed by atoms with Gasteiger partial charge in [0.05, 0.1) is 5.69 Å². The quantitative estimate of drug-likeness (QED) is 0.917. The normalized spacial score (nSPS) is 19.5. The van der Waals surface area contributed by atoms with Crippen LogP contribution in [0.1, 0.15) is 54.2 Å². The lowest BCUT2D eigenvalue weighted by atomic mass is 9.96. The van der Waals surface area contributed by atoms with Crippen molar-refractivity contribution in [3.63, 3.8) is 0 Å². The standard InChI is InChI=1S/C18H26N4/c1-14-15(2)20-21-17(14)8-6-12-22-11-4-3-9-18(22)16-7-5-10-19-13-16/h5,7,10,13,18H,3-4,6,8-9,11-12H2,1-2H3,(H,20,21). The van der Waals surface area contributed by atoms with Crippen molar-refractivity contribution in [3.8, 4) is 0 Å². The second kappa shape index (κ2) is 7.05. The summed E-state index contributed by atoms with van der Waals surface area (Å²) in [5, 5.41) is 7.51. The number of nitrogens with zero attached hydrogens (tertiary/aromatic N) is 3. The molecule has 2 aromatic heterocycles. The Bertz CT molecular complexity index is 590. The summed E-state index contributed by atoms with van der Waals surface area (Å²) in [6, 6.07) is 4.82. The number of aromatic nitrogens is 3. The highest BCUT2D eigenvalue weighted by Gasteiger charge is 2.23. The molecule has 3 rings (SSSR count). The SMILES string of the molecule is Cc1[nH]nc(CCCN2CCCCC2c2cccnc2)c1C. The maximum Gasteiger partial charge on any atom is 0.0654 e. The van der Waals surface area contributed by atoms with E-state index in [9.17, 15) is 0 Å². The second-order valence-corrected chi connectivity index (χ2v) is 6.36. The van der Waals surface area contributed by atoms with Crippen LogP contribution in [-0.4, -0.2) is 33.2 Å². The summed E-state index contributed by atoms with van der Waals surface area (Å²) >= 11 is 0. The molecule has 1 fully saturated rings. The average molecular weight is 298 g/mol. The van der Waals surface area contributed by atoms with Gasteiger partial charge in [-0.3, -0.25) is 15.0 Å². The summed E-state index contributed by atoms with van der Waals surface area (Å²) < 4.78 is 0. The van der Waals surface area contributed by atoms with Crippen LogP contribution in [0.5, 0.6) is 0 Å². The van der Waals surface area contributed by atoms with Crippen molar-refractivity contribution in [2.75, 3.05) is 13.1 Å². The number of rotatable bonds is 5. The third-order valence-corrected chi connectivity index (χ3v) is 4.90. The summed E-state index contributed by atoms with van der Waals surface area (Å²) in [7, 11) is 0. The fourth-order valence-corrected chi connectivity index (χ4v) is 3.44. The Labute approximate surface area is 133 Å². The van der Waals surface area contributed by atoms with Crippen LogP contribution in [0, 0.1) is 13.8 Å². The number of nitrogens with one attached hydrogen (secondary N) is 1. The van der Waals surface area contributed by atoms with E-state index in [1.807, 2.05) is 12.4 Å². The maximum absolute atomic E-state index is 4.42. The molecule has 3 heterocycles. The van der Waals surface area contributed by atoms with Crippen molar-refractivity contribution in [1.29, 1.82) is 0 Å². The van der Waals surface area contributed by atoms with Gasteiger partial charge in [-0.2, -0.15) is 5.10 Å². The molecule has 4 nitrogen and oxygen atoms in total. The molecule has 0 aliphatic carbocycles. The Morgan fingerprint density at radius 1 is 1.32 bits per heavy atom. The lowest BCUT2D eigenvalue weighted by Gasteiger charge is -2.35. The third-order valence-electron chi connectivity index (χ3n) is 4.90. The fourth-order valence-electron chi connectivity index (χ4n) is 3.44. The molecule has 1 aliphatic heterocycles. The summed E-state index contributed by atoms with van der Waals surface area (Å²) in [5.74, 6) is 0. The van der Waals surface area contributed by atoms with Crippen molar-refractivity contribution >= 4 is 0 Å². The van der Waals surface area contributed by atoms with Crippen LogP contribution < -0.4 is 0 Å². The minimum Gasteiger partial charge on any atom is -0.296 e. The van der Waals surface area contributed by atoms with Gasteiger partial charge in [0, 0.05) is 24.1 Å². The molecule has 2 aromatic rings. The number of aromatic amines is 1. The van der Waals surface area contributed by atoms with Crippen LogP contribution >= 0.6 is 0 Å². The van der Waals surface area contributed by atoms with Gasteiger partial charge in [0.1, 0.15) is 0 Å². The molecule has 1 unspecified atom stereocenters. The molecular weight excluding hydrogens is 272 g/mol. The Morgan fingerprint density at radius 2 is 2.23 bits per heavy atom. The van der Waals surface area contributed by atoms with Gasteiger partial charge < -0.3 is 0 Å². The third kappa shape index (κ3) is 3.38. The van der Waals surface area contributed by atoms with Crippen molar-refractivity contribution in [1.82, 2.24) is 20.1 Å². The second-order valence-electron chi connectivity index (χ2n) is 6.36. The topological polar surface area (TPSA) is 44.8 Å². The molecule has 1 aliphatic rings. The van der Waals surface area contributed by atoms with Crippen LogP contribution in [0.15, 0.2) is 24.5 Å². The van der Waals surface area contributed by atoms with Gasteiger partial charge >= 0.3 is 0 Å². The molecular formula is C18H26N4. The Morgan fingerprint density at radius 3 is 2.95 bits per heavy atom. The number of H-pyrrole nitrogens is 1. The van der Waals surface area contributed by atoms with Crippen LogP contribution in [0.25, 0.3) is 0 Å². The van der Waals surface area contributed by atoms with E-state index in [0.717, 1.165) is 13.0 Å². The van der Waals surface area contributed by atoms with E-state index in [1.165, 1.54) is 54.7 Å². The lowest BCUT2D eigenvalue weighted by Crippen LogP contribution is -2.34. The smallest absolute Gasteiger partial charge is 0.0654 e. The first-order chi connectivity index (χ1) is 10.8. The predicted octanol–water partition coefficient (Wildman–Crippen LogP) is 3.58. The van der Waals surface area contributed by atoms with E-state index >= 15 is 0 Å². The predicted molar refractivity (Wildman–Crippen MR) is 88.8 cm³/mol. The highest BCUT2D eigenvalue weighted by atomic mass is 15.2. The zero-order chi connectivity index (χ0) is 15.4. The molecule has 0 radical (unpaired) electrons. The van der Waals surface area contributed by atoms with Gasteiger partial charge in [0.25, 0.3) is 0 Å². The molecule has 0 bridgehead atoms. The monoisotopic (exact) mass is 298 g/mol. The lowest BCUT2D eigenvalue weighted by molar-refractivity contribution is 0.147. The van der Waals surface area contributed by atoms with Crippen molar-refractivity contribution in [2.24, 2.45) is 0 Å². The zero-order valence-corrected chi connectivity index (χ0v) is 13.7. The van der Waals surface area contributed by atoms with Crippen LogP contribution in [0.2, 0.25) is 0 Å². The molecule has 0 spiro atoms. The first-order valence-corrected chi connectivity index (χ1v) is 8.40. The Balaban J connectivity index is 1.59. The summed E-state index contributed by atoms with van der Waals surface area (Å²) in [5.41, 5.74) is 5.12. The number of hydrogen-bond acceptors (Lipinski definition) is 3. The molecule has 0 amide bonds. The van der Waals surface area contributed by atoms with E-state index in [1.54, 1.807) is 0 Å². The Kier molecular flexibility index (Phi) is 4.88. The van der Waals surface area contributed by atoms with E-state index < -0.39 is 0 Å². The van der Waals surface area contributed by atoms with E-state index in [-0.39, 0.29) is 0 Å². The minimum absolute atomic E-state index is 0.546. The average Bonchev–Trinajstić information content (AvgIpc) is 2.88. The van der Waals surface area contributed by atoms with Gasteiger partial charge in [-0.05, 0) is 69.8 Å². The number of piperidine rings is 1. The minimum atomic E-state index is 0.546. The maximum atomic E-state index is 4.42. The summed E-state index contributed by atoms with van der Waals surface area (Å²) in [6.45, 7) is 6.60. The number of hydrogen-bond donors (Lipinski definition) is 1.